The number of amides is 2. The van der Waals surface area contributed by atoms with Gasteiger partial charge in [0.05, 0.1) is 26.7 Å². The first-order chi connectivity index (χ1) is 17.4. The van der Waals surface area contributed by atoms with Gasteiger partial charge in [-0.05, 0) is 61.9 Å². The Hall–Kier alpha value is -3.01. The number of pyridine rings is 1. The molecule has 2 amide bonds. The summed E-state index contributed by atoms with van der Waals surface area (Å²) in [6.07, 6.45) is 10.9. The van der Waals surface area contributed by atoms with Crippen LogP contribution in [0.15, 0.2) is 59.5 Å². The van der Waals surface area contributed by atoms with Gasteiger partial charge in [0.15, 0.2) is 0 Å². The van der Waals surface area contributed by atoms with Gasteiger partial charge in [0.2, 0.25) is 6.41 Å². The Balaban J connectivity index is 0.000000162. The van der Waals surface area contributed by atoms with Crippen molar-refractivity contribution in [2.24, 2.45) is 11.7 Å². The van der Waals surface area contributed by atoms with E-state index in [2.05, 4.69) is 5.32 Å². The summed E-state index contributed by atoms with van der Waals surface area (Å²) in [4.78, 5) is 32.6. The second kappa shape index (κ2) is 13.9. The molecule has 2 fully saturated rings. The number of carbonyl (C=O) groups is 2. The van der Waals surface area contributed by atoms with Gasteiger partial charge in [0.25, 0.3) is 11.5 Å². The number of hydrogen-bond donors (Lipinski definition) is 2. The van der Waals surface area contributed by atoms with Crippen molar-refractivity contribution in [3.05, 3.63) is 80.1 Å². The predicted octanol–water partition coefficient (Wildman–Crippen LogP) is 5.40. The highest BCUT2D eigenvalue weighted by Crippen LogP contribution is 2.31. The molecule has 0 unspecified atom stereocenters. The number of thiophene rings is 1. The molecule has 2 aliphatic rings. The fourth-order valence-electron chi connectivity index (χ4n) is 3.53. The van der Waals surface area contributed by atoms with Gasteiger partial charge < -0.3 is 15.8 Å². The minimum absolute atomic E-state index is 0.0766. The van der Waals surface area contributed by atoms with Crippen LogP contribution in [0, 0.1) is 11.7 Å². The zero-order valence-corrected chi connectivity index (χ0v) is 21.3. The summed E-state index contributed by atoms with van der Waals surface area (Å²) in [6, 6.07) is 12.1. The van der Waals surface area contributed by atoms with Crippen LogP contribution in [-0.2, 0) is 9.53 Å². The molecular formula is C26H29ClFN3O4S. The van der Waals surface area contributed by atoms with Gasteiger partial charge in [-0.1, -0.05) is 30.5 Å². The molecule has 2 heterocycles. The SMILES string of the molecule is C1CCC(OCC2CC2)C1.NC(=O)c1ccc(Cl)s1.O=CNc1ccc(-n2ccccc2=O)cc1F. The summed E-state index contributed by atoms with van der Waals surface area (Å²) in [5.41, 5.74) is 5.18. The topological polar surface area (TPSA) is 103 Å². The normalized spacial score (nSPS) is 14.7. The highest BCUT2D eigenvalue weighted by Gasteiger charge is 2.24. The fraction of sp³-hybridized carbons (Fsp3) is 0.346. The zero-order chi connectivity index (χ0) is 25.9. The van der Waals surface area contributed by atoms with Crippen molar-refractivity contribution in [3.8, 4) is 5.69 Å². The molecule has 0 bridgehead atoms. The molecule has 2 aromatic heterocycles. The molecule has 0 atom stereocenters. The van der Waals surface area contributed by atoms with Crippen LogP contribution in [0.25, 0.3) is 5.69 Å². The molecular weight excluding hydrogens is 505 g/mol. The zero-order valence-electron chi connectivity index (χ0n) is 19.7. The minimum atomic E-state index is -0.592. The van der Waals surface area contributed by atoms with Crippen LogP contribution in [0.2, 0.25) is 4.34 Å². The fourth-order valence-corrected chi connectivity index (χ4v) is 4.43. The highest BCUT2D eigenvalue weighted by atomic mass is 35.5. The molecule has 0 spiro atoms. The Bertz CT molecular complexity index is 1210. The summed E-state index contributed by atoms with van der Waals surface area (Å²) in [7, 11) is 0. The molecule has 3 N–H and O–H groups in total. The van der Waals surface area contributed by atoms with E-state index >= 15 is 0 Å². The first-order valence-corrected chi connectivity index (χ1v) is 12.9. The van der Waals surface area contributed by atoms with Crippen LogP contribution in [0.4, 0.5) is 10.1 Å². The Morgan fingerprint density at radius 3 is 2.44 bits per heavy atom. The first kappa shape index (κ1) is 27.6. The van der Waals surface area contributed by atoms with E-state index in [1.165, 1.54) is 72.6 Å². The van der Waals surface area contributed by atoms with Crippen LogP contribution in [-0.4, -0.2) is 29.6 Å². The molecule has 0 aliphatic heterocycles. The molecule has 192 valence electrons. The standard InChI is InChI=1S/C12H9FN2O2.C9H16O.C5H4ClNOS/c13-10-7-9(4-5-11(10)14-8-16)15-6-2-1-3-12(15)17;1-2-4-9(3-1)10-7-8-5-6-8;6-4-2-1-3(9-4)5(7)8/h1-8H,(H,14,16);8-9H,1-7H2;1-2H,(H2,7,8). The number of aromatic nitrogens is 1. The molecule has 0 saturated heterocycles. The first-order valence-electron chi connectivity index (χ1n) is 11.7. The maximum absolute atomic E-state index is 13.5. The number of carbonyl (C=O) groups excluding carboxylic acids is 2. The van der Waals surface area contributed by atoms with Gasteiger partial charge in [0, 0.05) is 24.9 Å². The number of anilines is 1. The lowest BCUT2D eigenvalue weighted by Gasteiger charge is -2.09. The summed E-state index contributed by atoms with van der Waals surface area (Å²) >= 11 is 6.70. The van der Waals surface area contributed by atoms with E-state index in [0.29, 0.717) is 27.4 Å². The largest absolute Gasteiger partial charge is 0.378 e. The maximum atomic E-state index is 13.5. The van der Waals surface area contributed by atoms with Gasteiger partial charge in [-0.15, -0.1) is 11.3 Å². The summed E-state index contributed by atoms with van der Waals surface area (Å²) in [5, 5.41) is 2.23. The summed E-state index contributed by atoms with van der Waals surface area (Å²) < 4.78 is 21.1. The van der Waals surface area contributed by atoms with Gasteiger partial charge in [0.1, 0.15) is 5.82 Å². The van der Waals surface area contributed by atoms with Crippen LogP contribution in [0.1, 0.15) is 48.2 Å². The van der Waals surface area contributed by atoms with E-state index in [0.717, 1.165) is 12.5 Å². The lowest BCUT2D eigenvalue weighted by Crippen LogP contribution is -2.15. The molecule has 0 radical (unpaired) electrons. The van der Waals surface area contributed by atoms with Crippen molar-refractivity contribution in [1.29, 1.82) is 0 Å². The summed E-state index contributed by atoms with van der Waals surface area (Å²) in [6.45, 7) is 1.06. The monoisotopic (exact) mass is 533 g/mol. The molecule has 1 aromatic carbocycles. The Kier molecular flexibility index (Phi) is 10.7. The number of nitrogens with zero attached hydrogens (tertiary/aromatic N) is 1. The van der Waals surface area contributed by atoms with E-state index in [1.807, 2.05) is 0 Å². The Morgan fingerprint density at radius 1 is 1.17 bits per heavy atom. The number of nitrogens with two attached hydrogens (primary N) is 1. The summed E-state index contributed by atoms with van der Waals surface area (Å²) in [5.74, 6) is -0.0714. The predicted molar refractivity (Wildman–Crippen MR) is 140 cm³/mol. The molecule has 3 aromatic rings. The minimum Gasteiger partial charge on any atom is -0.378 e. The van der Waals surface area contributed by atoms with E-state index < -0.39 is 11.7 Å². The van der Waals surface area contributed by atoms with Crippen LogP contribution in [0.3, 0.4) is 0 Å². The quantitative estimate of drug-likeness (QED) is 0.397. The van der Waals surface area contributed by atoms with Crippen molar-refractivity contribution in [3.63, 3.8) is 0 Å². The van der Waals surface area contributed by atoms with Crippen LogP contribution >= 0.6 is 22.9 Å². The van der Waals surface area contributed by atoms with Crippen LogP contribution < -0.4 is 16.6 Å². The highest BCUT2D eigenvalue weighted by molar-refractivity contribution is 7.17. The van der Waals surface area contributed by atoms with E-state index in [1.54, 1.807) is 36.5 Å². The van der Waals surface area contributed by atoms with Crippen LogP contribution in [0.5, 0.6) is 0 Å². The smallest absolute Gasteiger partial charge is 0.258 e. The van der Waals surface area contributed by atoms with Crippen molar-refractivity contribution in [2.75, 3.05) is 11.9 Å². The molecule has 10 heteroatoms. The maximum Gasteiger partial charge on any atom is 0.258 e. The van der Waals surface area contributed by atoms with Gasteiger partial charge in [-0.25, -0.2) is 4.39 Å². The van der Waals surface area contributed by atoms with Crippen molar-refractivity contribution >= 4 is 40.9 Å². The average Bonchev–Trinajstić information content (AvgIpc) is 3.34. The third kappa shape index (κ3) is 8.89. The number of halogens is 2. The number of primary amides is 1. The molecule has 7 nitrogen and oxygen atoms in total. The van der Waals surface area contributed by atoms with Gasteiger partial charge >= 0.3 is 0 Å². The van der Waals surface area contributed by atoms with Gasteiger partial charge in [-0.3, -0.25) is 19.0 Å². The van der Waals surface area contributed by atoms with Gasteiger partial charge in [-0.2, -0.15) is 0 Å². The molecule has 2 aliphatic carbocycles. The van der Waals surface area contributed by atoms with Crippen molar-refractivity contribution in [2.45, 2.75) is 44.6 Å². The molecule has 5 rings (SSSR count). The molecule has 36 heavy (non-hydrogen) atoms. The molecule has 2 saturated carbocycles. The second-order valence-electron chi connectivity index (χ2n) is 8.49. The van der Waals surface area contributed by atoms with Crippen molar-refractivity contribution in [1.82, 2.24) is 4.57 Å². The number of rotatable bonds is 7. The lowest BCUT2D eigenvalue weighted by atomic mass is 10.2. The van der Waals surface area contributed by atoms with Crippen molar-refractivity contribution < 1.29 is 18.7 Å². The average molecular weight is 534 g/mol. The van der Waals surface area contributed by atoms with E-state index in [-0.39, 0.29) is 11.2 Å². The number of benzene rings is 1. The third-order valence-electron chi connectivity index (χ3n) is 5.65. The number of nitrogens with one attached hydrogen (secondary N) is 1. The lowest BCUT2D eigenvalue weighted by molar-refractivity contribution is -0.105. The number of hydrogen-bond acceptors (Lipinski definition) is 5. The van der Waals surface area contributed by atoms with E-state index in [9.17, 15) is 18.8 Å². The number of ether oxygens (including phenoxy) is 1. The third-order valence-corrected chi connectivity index (χ3v) is 6.90. The Morgan fingerprint density at radius 2 is 1.92 bits per heavy atom. The van der Waals surface area contributed by atoms with E-state index in [4.69, 9.17) is 22.1 Å². The Labute approximate surface area is 218 Å². The second-order valence-corrected chi connectivity index (χ2v) is 10.2.